The number of amides is 2. The smallest absolute Gasteiger partial charge is 0.410 e. The summed E-state index contributed by atoms with van der Waals surface area (Å²) in [5.41, 5.74) is 1.86. The minimum absolute atomic E-state index is 0.104. The minimum atomic E-state index is -1.51. The van der Waals surface area contributed by atoms with Crippen molar-refractivity contribution in [3.8, 4) is 0 Å². The fourth-order valence-corrected chi connectivity index (χ4v) is 5.17. The van der Waals surface area contributed by atoms with Gasteiger partial charge in [0.15, 0.2) is 11.0 Å². The van der Waals surface area contributed by atoms with E-state index in [1.807, 2.05) is 24.3 Å². The van der Waals surface area contributed by atoms with Gasteiger partial charge in [0.2, 0.25) is 0 Å². The van der Waals surface area contributed by atoms with E-state index in [1.54, 1.807) is 46.3 Å². The predicted molar refractivity (Wildman–Crippen MR) is 131 cm³/mol. The monoisotopic (exact) mass is 494 g/mol. The topological polar surface area (TPSA) is 101 Å². The minimum Gasteiger partial charge on any atom is -0.444 e. The van der Waals surface area contributed by atoms with Crippen molar-refractivity contribution in [3.63, 3.8) is 0 Å². The molecule has 182 valence electrons. The third kappa shape index (κ3) is 5.28. The van der Waals surface area contributed by atoms with Crippen LogP contribution >= 0.6 is 0 Å². The van der Waals surface area contributed by atoms with E-state index < -0.39 is 11.0 Å². The molecule has 2 saturated heterocycles. The lowest BCUT2D eigenvalue weighted by Crippen LogP contribution is -2.51. The molecule has 0 aliphatic carbocycles. The van der Waals surface area contributed by atoms with E-state index in [0.29, 0.717) is 61.1 Å². The molecule has 0 saturated carbocycles. The van der Waals surface area contributed by atoms with Gasteiger partial charge in [-0.15, -0.1) is 0 Å². The molecule has 3 heterocycles. The Morgan fingerprint density at radius 2 is 1.74 bits per heavy atom. The molecule has 2 aromatic carbocycles. The van der Waals surface area contributed by atoms with Crippen LogP contribution in [-0.2, 0) is 20.5 Å². The van der Waals surface area contributed by atoms with Crippen LogP contribution in [0.25, 0.3) is 10.9 Å². The highest BCUT2D eigenvalue weighted by Crippen LogP contribution is 2.21. The Morgan fingerprint density at radius 3 is 2.49 bits per heavy atom. The van der Waals surface area contributed by atoms with Crippen molar-refractivity contribution in [2.75, 3.05) is 44.1 Å². The van der Waals surface area contributed by atoms with Gasteiger partial charge in [0, 0.05) is 55.4 Å². The van der Waals surface area contributed by atoms with E-state index >= 15 is 0 Å². The zero-order valence-electron chi connectivity index (χ0n) is 19.1. The molecule has 2 amide bonds. The van der Waals surface area contributed by atoms with Crippen LogP contribution in [0.3, 0.4) is 0 Å². The van der Waals surface area contributed by atoms with Crippen LogP contribution in [0.2, 0.25) is 0 Å². The summed E-state index contributed by atoms with van der Waals surface area (Å²) in [7, 11) is -1.51. The number of para-hydroxylation sites is 1. The number of ether oxygens (including phenoxy) is 2. The first-order chi connectivity index (χ1) is 17.1. The van der Waals surface area contributed by atoms with Gasteiger partial charge < -0.3 is 24.0 Å². The fourth-order valence-electron chi connectivity index (χ4n) is 4.17. The number of hydrogen-bond donors (Lipinski definition) is 1. The number of carbonyl (C=O) groups excluding carboxylic acids is 2. The van der Waals surface area contributed by atoms with E-state index in [1.165, 1.54) is 0 Å². The largest absolute Gasteiger partial charge is 0.444 e. The first-order valence-corrected chi connectivity index (χ1v) is 12.7. The number of benzene rings is 2. The van der Waals surface area contributed by atoms with Crippen molar-refractivity contribution in [3.05, 3.63) is 66.4 Å². The number of piperazine rings is 1. The summed E-state index contributed by atoms with van der Waals surface area (Å²) >= 11 is 0. The molecule has 2 aliphatic rings. The van der Waals surface area contributed by atoms with Gasteiger partial charge in [-0.25, -0.2) is 9.00 Å². The van der Waals surface area contributed by atoms with Gasteiger partial charge >= 0.3 is 6.09 Å². The Balaban J connectivity index is 1.16. The van der Waals surface area contributed by atoms with Crippen LogP contribution in [0, 0.1) is 0 Å². The zero-order chi connectivity index (χ0) is 24.2. The number of anilines is 1. The first kappa shape index (κ1) is 23.3. The van der Waals surface area contributed by atoms with Crippen LogP contribution in [0.15, 0.2) is 65.7 Å². The van der Waals surface area contributed by atoms with Crippen molar-refractivity contribution < 1.29 is 23.3 Å². The molecule has 0 bridgehead atoms. The van der Waals surface area contributed by atoms with Gasteiger partial charge in [-0.05, 0) is 36.4 Å². The summed E-state index contributed by atoms with van der Waals surface area (Å²) in [6.07, 6.45) is 1.87. The highest BCUT2D eigenvalue weighted by Gasteiger charge is 2.28. The third-order valence-electron chi connectivity index (χ3n) is 6.12. The molecule has 35 heavy (non-hydrogen) atoms. The van der Waals surface area contributed by atoms with E-state index in [4.69, 9.17) is 9.47 Å². The van der Waals surface area contributed by atoms with E-state index in [2.05, 4.69) is 9.71 Å². The molecule has 2 fully saturated rings. The SMILES string of the molecule is O=C(OC1CCOC1)N1CCN(C(=O)c2ccc(N[S@@](=O)c3cccc4cccnc34)cc2)CC1. The maximum atomic E-state index is 12.9. The normalized spacial score (nSPS) is 18.9. The number of carbonyl (C=O) groups is 2. The molecular formula is C25H26N4O5S. The lowest BCUT2D eigenvalue weighted by molar-refractivity contribution is 0.0370. The average Bonchev–Trinajstić information content (AvgIpc) is 3.41. The third-order valence-corrected chi connectivity index (χ3v) is 7.27. The second-order valence-corrected chi connectivity index (χ2v) is 9.61. The highest BCUT2D eigenvalue weighted by molar-refractivity contribution is 7.86. The summed E-state index contributed by atoms with van der Waals surface area (Å²) in [6.45, 7) is 2.79. The number of rotatable bonds is 5. The Bertz CT molecular complexity index is 1230. The first-order valence-electron chi connectivity index (χ1n) is 11.5. The number of hydrogen-bond acceptors (Lipinski definition) is 6. The van der Waals surface area contributed by atoms with Gasteiger partial charge in [-0.2, -0.15) is 0 Å². The van der Waals surface area contributed by atoms with Crippen LogP contribution in [0.5, 0.6) is 0 Å². The van der Waals surface area contributed by atoms with Crippen molar-refractivity contribution in [2.45, 2.75) is 17.4 Å². The van der Waals surface area contributed by atoms with Gasteiger partial charge in [0.25, 0.3) is 5.91 Å². The quantitative estimate of drug-likeness (QED) is 0.585. The lowest BCUT2D eigenvalue weighted by atomic mass is 10.1. The summed E-state index contributed by atoms with van der Waals surface area (Å²) < 4.78 is 26.6. The molecule has 0 spiro atoms. The summed E-state index contributed by atoms with van der Waals surface area (Å²) in [5.74, 6) is -0.104. The number of fused-ring (bicyclic) bond motifs is 1. The van der Waals surface area contributed by atoms with Crippen molar-refractivity contribution in [1.82, 2.24) is 14.8 Å². The van der Waals surface area contributed by atoms with Gasteiger partial charge in [-0.1, -0.05) is 18.2 Å². The molecule has 1 aromatic heterocycles. The summed E-state index contributed by atoms with van der Waals surface area (Å²) in [5, 5.41) is 0.919. The van der Waals surface area contributed by atoms with Crippen LogP contribution < -0.4 is 4.72 Å². The Morgan fingerprint density at radius 1 is 1.00 bits per heavy atom. The molecule has 1 unspecified atom stereocenters. The lowest BCUT2D eigenvalue weighted by Gasteiger charge is -2.34. The Kier molecular flexibility index (Phi) is 6.91. The maximum Gasteiger partial charge on any atom is 0.410 e. The number of pyridine rings is 1. The molecule has 2 atom stereocenters. The number of nitrogens with one attached hydrogen (secondary N) is 1. The molecule has 3 aromatic rings. The highest BCUT2D eigenvalue weighted by atomic mass is 32.2. The van der Waals surface area contributed by atoms with Crippen molar-refractivity contribution >= 4 is 39.6 Å². The second-order valence-electron chi connectivity index (χ2n) is 8.43. The molecule has 2 aliphatic heterocycles. The van der Waals surface area contributed by atoms with Gasteiger partial charge in [-0.3, -0.25) is 9.78 Å². The van der Waals surface area contributed by atoms with Crippen LogP contribution in [0.1, 0.15) is 16.8 Å². The Hall–Kier alpha value is -3.50. The zero-order valence-corrected chi connectivity index (χ0v) is 19.9. The standard InChI is InChI=1S/C25H26N4O5S/c30-24(28-12-14-29(15-13-28)25(31)34-21-10-16-33-17-21)19-6-8-20(9-7-19)27-35(32)22-5-1-3-18-4-2-11-26-23(18)22/h1-9,11,21,27H,10,12-17H2/t21?,35-/m0/s1. The van der Waals surface area contributed by atoms with Gasteiger partial charge in [0.05, 0.1) is 23.6 Å². The number of nitrogens with zero attached hydrogens (tertiary/aromatic N) is 3. The molecule has 10 heteroatoms. The van der Waals surface area contributed by atoms with E-state index in [0.717, 1.165) is 11.8 Å². The molecule has 0 radical (unpaired) electrons. The fraction of sp³-hybridized carbons (Fsp3) is 0.320. The van der Waals surface area contributed by atoms with Gasteiger partial charge in [0.1, 0.15) is 6.10 Å². The number of aromatic nitrogens is 1. The summed E-state index contributed by atoms with van der Waals surface area (Å²) in [4.78, 5) is 33.6. The van der Waals surface area contributed by atoms with Crippen molar-refractivity contribution in [1.29, 1.82) is 0 Å². The van der Waals surface area contributed by atoms with Crippen LogP contribution in [-0.4, -0.2) is 76.5 Å². The molecule has 9 nitrogen and oxygen atoms in total. The predicted octanol–water partition coefficient (Wildman–Crippen LogP) is 3.05. The van der Waals surface area contributed by atoms with E-state index in [9.17, 15) is 13.8 Å². The maximum absolute atomic E-state index is 12.9. The van der Waals surface area contributed by atoms with E-state index in [-0.39, 0.29) is 18.1 Å². The summed E-state index contributed by atoms with van der Waals surface area (Å²) in [6, 6.07) is 16.2. The molecule has 5 rings (SSSR count). The molecular weight excluding hydrogens is 468 g/mol. The second kappa shape index (κ2) is 10.4. The van der Waals surface area contributed by atoms with Crippen LogP contribution in [0.4, 0.5) is 10.5 Å². The Labute approximate surface area is 205 Å². The van der Waals surface area contributed by atoms with Crippen molar-refractivity contribution in [2.24, 2.45) is 0 Å². The molecule has 1 N–H and O–H groups in total. The average molecular weight is 495 g/mol.